The van der Waals surface area contributed by atoms with Crippen LogP contribution >= 0.6 is 11.8 Å². The molecule has 1 amide bonds. The van der Waals surface area contributed by atoms with Gasteiger partial charge < -0.3 is 31.1 Å². The smallest absolute Gasteiger partial charge is 0.353 e. The summed E-state index contributed by atoms with van der Waals surface area (Å²) in [7, 11) is 0. The molecular formula is C22H36N4O4S. The van der Waals surface area contributed by atoms with E-state index in [9.17, 15) is 19.8 Å². The van der Waals surface area contributed by atoms with Gasteiger partial charge in [-0.3, -0.25) is 4.79 Å². The summed E-state index contributed by atoms with van der Waals surface area (Å²) in [6.07, 6.45) is 4.19. The summed E-state index contributed by atoms with van der Waals surface area (Å²) < 4.78 is 0. The molecular weight excluding hydrogens is 416 g/mol. The van der Waals surface area contributed by atoms with Crippen molar-refractivity contribution in [2.45, 2.75) is 63.0 Å². The Labute approximate surface area is 188 Å². The molecule has 174 valence electrons. The maximum absolute atomic E-state index is 12.5. The van der Waals surface area contributed by atoms with E-state index in [4.69, 9.17) is 5.73 Å². The number of fused-ring (bicyclic) bond motifs is 1. The van der Waals surface area contributed by atoms with Crippen molar-refractivity contribution in [3.05, 3.63) is 10.6 Å². The third-order valence-corrected chi connectivity index (χ3v) is 8.92. The largest absolute Gasteiger partial charge is 0.477 e. The number of carboxylic acid groups (broad SMARTS) is 1. The normalized spacial score (nSPS) is 35.0. The first-order valence-electron chi connectivity index (χ1n) is 11.6. The lowest BCUT2D eigenvalue weighted by atomic mass is 9.79. The second kappa shape index (κ2) is 9.39. The summed E-state index contributed by atoms with van der Waals surface area (Å²) in [4.78, 5) is 29.1. The van der Waals surface area contributed by atoms with Gasteiger partial charge in [0.15, 0.2) is 0 Å². The second-order valence-corrected chi connectivity index (χ2v) is 11.0. The number of hydrogen-bond acceptors (Lipinski definition) is 7. The van der Waals surface area contributed by atoms with Gasteiger partial charge in [-0.2, -0.15) is 0 Å². The Balaban J connectivity index is 1.27. The van der Waals surface area contributed by atoms with Gasteiger partial charge in [-0.15, -0.1) is 11.8 Å². The topological polar surface area (TPSA) is 119 Å². The Hall–Kier alpha value is -1.13. The van der Waals surface area contributed by atoms with Crippen molar-refractivity contribution in [3.63, 3.8) is 0 Å². The number of likely N-dealkylation sites (tertiary alicyclic amines) is 1. The lowest BCUT2D eigenvalue weighted by molar-refractivity contribution is -0.163. The van der Waals surface area contributed by atoms with Crippen molar-refractivity contribution in [2.24, 2.45) is 23.5 Å². The van der Waals surface area contributed by atoms with Crippen LogP contribution in [-0.2, 0) is 9.59 Å². The average molecular weight is 453 g/mol. The summed E-state index contributed by atoms with van der Waals surface area (Å²) >= 11 is 1.64. The van der Waals surface area contributed by atoms with Crippen LogP contribution in [0.25, 0.3) is 0 Å². The van der Waals surface area contributed by atoms with E-state index in [0.717, 1.165) is 37.0 Å². The van der Waals surface area contributed by atoms with Crippen molar-refractivity contribution in [1.29, 1.82) is 0 Å². The highest BCUT2D eigenvalue weighted by atomic mass is 32.2. The molecule has 31 heavy (non-hydrogen) atoms. The Bertz CT molecular complexity index is 731. The molecule has 0 spiro atoms. The van der Waals surface area contributed by atoms with E-state index >= 15 is 0 Å². The number of nitrogens with zero attached hydrogens (tertiary/aromatic N) is 2. The van der Waals surface area contributed by atoms with E-state index in [2.05, 4.69) is 10.2 Å². The van der Waals surface area contributed by atoms with Gasteiger partial charge in [0, 0.05) is 54.8 Å². The predicted octanol–water partition coefficient (Wildman–Crippen LogP) is 0.665. The molecule has 8 nitrogen and oxygen atoms in total. The predicted molar refractivity (Wildman–Crippen MR) is 120 cm³/mol. The van der Waals surface area contributed by atoms with E-state index in [0.29, 0.717) is 17.8 Å². The van der Waals surface area contributed by atoms with Crippen LogP contribution in [0.3, 0.4) is 0 Å². The summed E-state index contributed by atoms with van der Waals surface area (Å²) in [5, 5.41) is 23.6. The molecule has 4 rings (SSSR count). The van der Waals surface area contributed by atoms with Crippen molar-refractivity contribution < 1.29 is 19.8 Å². The Morgan fingerprint density at radius 3 is 2.55 bits per heavy atom. The quantitative estimate of drug-likeness (QED) is 0.377. The zero-order valence-electron chi connectivity index (χ0n) is 18.5. The van der Waals surface area contributed by atoms with Crippen LogP contribution in [0.15, 0.2) is 10.6 Å². The lowest BCUT2D eigenvalue weighted by Crippen LogP contribution is -2.63. The van der Waals surface area contributed by atoms with Gasteiger partial charge in [-0.05, 0) is 38.5 Å². The zero-order chi connectivity index (χ0) is 22.3. The van der Waals surface area contributed by atoms with E-state index < -0.39 is 18.0 Å². The van der Waals surface area contributed by atoms with E-state index in [1.165, 1.54) is 30.6 Å². The van der Waals surface area contributed by atoms with Crippen LogP contribution in [-0.4, -0.2) is 88.1 Å². The second-order valence-electron chi connectivity index (χ2n) is 9.69. The molecule has 3 fully saturated rings. The molecule has 3 heterocycles. The first kappa shape index (κ1) is 23.0. The van der Waals surface area contributed by atoms with Gasteiger partial charge in [0.25, 0.3) is 0 Å². The zero-order valence-corrected chi connectivity index (χ0v) is 19.3. The van der Waals surface area contributed by atoms with Crippen molar-refractivity contribution in [1.82, 2.24) is 15.1 Å². The number of carboxylic acids is 1. The van der Waals surface area contributed by atoms with Gasteiger partial charge in [0.1, 0.15) is 5.70 Å². The molecule has 0 bridgehead atoms. The molecule has 1 saturated carbocycles. The van der Waals surface area contributed by atoms with Crippen molar-refractivity contribution >= 4 is 23.6 Å². The first-order valence-corrected chi connectivity index (χ1v) is 12.5. The Morgan fingerprint density at radius 2 is 1.97 bits per heavy atom. The third kappa shape index (κ3) is 4.39. The number of carbonyl (C=O) groups excluding carboxylic acids is 1. The summed E-state index contributed by atoms with van der Waals surface area (Å²) in [6.45, 7) is 8.26. The monoisotopic (exact) mass is 452 g/mol. The Kier molecular flexibility index (Phi) is 6.98. The minimum Gasteiger partial charge on any atom is -0.477 e. The van der Waals surface area contributed by atoms with Crippen LogP contribution < -0.4 is 11.1 Å². The van der Waals surface area contributed by atoms with E-state index in [1.54, 1.807) is 18.7 Å². The highest BCUT2D eigenvalue weighted by Gasteiger charge is 2.60. The highest BCUT2D eigenvalue weighted by molar-refractivity contribution is 8.03. The van der Waals surface area contributed by atoms with Crippen LogP contribution in [0.5, 0.6) is 0 Å². The molecule has 5 N–H and O–H groups in total. The van der Waals surface area contributed by atoms with Crippen LogP contribution in [0.4, 0.5) is 0 Å². The molecule has 0 aromatic heterocycles. The minimum atomic E-state index is -1.04. The number of nitrogens with one attached hydrogen (secondary N) is 1. The maximum atomic E-state index is 12.5. The number of thioether (sulfide) groups is 1. The molecule has 3 aliphatic heterocycles. The number of amides is 1. The van der Waals surface area contributed by atoms with Gasteiger partial charge in [0.05, 0.1) is 18.1 Å². The third-order valence-electron chi connectivity index (χ3n) is 7.47. The molecule has 4 atom stereocenters. The average Bonchev–Trinajstić information content (AvgIpc) is 2.94. The van der Waals surface area contributed by atoms with Gasteiger partial charge in [-0.1, -0.05) is 6.92 Å². The van der Waals surface area contributed by atoms with Crippen molar-refractivity contribution in [2.75, 3.05) is 32.7 Å². The summed E-state index contributed by atoms with van der Waals surface area (Å²) in [5.41, 5.74) is 5.72. The number of β-lactam (4-membered cyclic amide) rings is 1. The number of nitrogens with two attached hydrogens (primary N) is 1. The first-order chi connectivity index (χ1) is 14.8. The number of carbonyl (C=O) groups is 2. The fourth-order valence-electron chi connectivity index (χ4n) is 5.81. The number of rotatable bonds is 9. The van der Waals surface area contributed by atoms with Crippen molar-refractivity contribution in [3.8, 4) is 0 Å². The van der Waals surface area contributed by atoms with Crippen LogP contribution in [0.2, 0.25) is 0 Å². The molecule has 1 aliphatic carbocycles. The standard InChI is InChI=1S/C22H36N4O4S/c1-12-18-17(13(2)27)21(28)26(18)19(22(29)30)20(12)31-16-10-25(11-16)9-14-3-5-15(6-4-14)24-8-7-23/h12-18,24,27H,3-11,23H2,1-2H3,(H,29,30)/t12-,13-,14-,15+,17-,18-/m1/s1. The molecule has 0 radical (unpaired) electrons. The summed E-state index contributed by atoms with van der Waals surface area (Å²) in [5.74, 6) is -1.09. The van der Waals surface area contributed by atoms with Gasteiger partial charge >= 0.3 is 5.97 Å². The molecule has 2 saturated heterocycles. The summed E-state index contributed by atoms with van der Waals surface area (Å²) in [6, 6.07) is 0.392. The van der Waals surface area contributed by atoms with Crippen LogP contribution in [0.1, 0.15) is 39.5 Å². The molecule has 0 aromatic carbocycles. The Morgan fingerprint density at radius 1 is 1.29 bits per heavy atom. The SMILES string of the molecule is C[C@@H](O)[C@H]1C(=O)N2C(C(=O)O)=C(SC3CN(C[C@H]4CC[C@@H](NCCN)CC4)C3)[C@H](C)[C@H]12. The number of aliphatic carboxylic acids is 1. The van der Waals surface area contributed by atoms with Gasteiger partial charge in [0.2, 0.25) is 5.91 Å². The van der Waals surface area contributed by atoms with E-state index in [1.807, 2.05) is 6.92 Å². The molecule has 9 heteroatoms. The number of hydrogen-bond donors (Lipinski definition) is 4. The van der Waals surface area contributed by atoms with Crippen LogP contribution in [0, 0.1) is 17.8 Å². The molecule has 0 aromatic rings. The molecule has 4 aliphatic rings. The molecule has 0 unspecified atom stereocenters. The fourth-order valence-corrected chi connectivity index (χ4v) is 7.39. The number of aliphatic hydroxyl groups excluding tert-OH is 1. The number of aliphatic hydroxyl groups is 1. The maximum Gasteiger partial charge on any atom is 0.353 e. The van der Waals surface area contributed by atoms with E-state index in [-0.39, 0.29) is 23.6 Å². The minimum absolute atomic E-state index is 0.0428. The van der Waals surface area contributed by atoms with Gasteiger partial charge in [-0.25, -0.2) is 4.79 Å². The lowest BCUT2D eigenvalue weighted by Gasteiger charge is -2.46. The fraction of sp³-hybridized carbons (Fsp3) is 0.818. The highest BCUT2D eigenvalue weighted by Crippen LogP contribution is 2.52.